The molecule has 2 aromatic rings. The molecule has 3 N–H and O–H groups in total. The summed E-state index contributed by atoms with van der Waals surface area (Å²) in [5.74, 6) is 1.88. The van der Waals surface area contributed by atoms with Gasteiger partial charge in [0, 0.05) is 12.0 Å². The molecule has 0 amide bonds. The maximum absolute atomic E-state index is 6.10. The Bertz CT molecular complexity index is 777. The Balaban J connectivity index is 0.00000261. The lowest BCUT2D eigenvalue weighted by molar-refractivity contribution is 0.140. The van der Waals surface area contributed by atoms with Gasteiger partial charge in [0.15, 0.2) is 5.96 Å². The van der Waals surface area contributed by atoms with Crippen LogP contribution < -0.4 is 20.5 Å². The Morgan fingerprint density at radius 2 is 2.07 bits per heavy atom. The lowest BCUT2D eigenvalue weighted by Crippen LogP contribution is -2.23. The first-order valence-corrected chi connectivity index (χ1v) is 8.69. The minimum atomic E-state index is 0. The summed E-state index contributed by atoms with van der Waals surface area (Å²) in [5, 5.41) is 3.08. The summed E-state index contributed by atoms with van der Waals surface area (Å²) in [6.45, 7) is 3.85. The third-order valence-electron chi connectivity index (χ3n) is 4.19. The van der Waals surface area contributed by atoms with Crippen LogP contribution in [0.1, 0.15) is 17.5 Å². The van der Waals surface area contributed by atoms with Crippen LogP contribution in [0.25, 0.3) is 0 Å². The van der Waals surface area contributed by atoms with Gasteiger partial charge in [0.05, 0.1) is 32.6 Å². The number of halogens is 1. The second-order valence-corrected chi connectivity index (χ2v) is 6.24. The highest BCUT2D eigenvalue weighted by molar-refractivity contribution is 14.0. The Hall–Kier alpha value is -2.00. The molecule has 0 aliphatic carbocycles. The highest BCUT2D eigenvalue weighted by Gasteiger charge is 2.18. The van der Waals surface area contributed by atoms with Gasteiger partial charge < -0.3 is 25.3 Å². The molecule has 1 aliphatic heterocycles. The number of para-hydroxylation sites is 2. The molecule has 1 aliphatic rings. The molecule has 146 valence electrons. The normalized spacial score (nSPS) is 16.5. The van der Waals surface area contributed by atoms with Crippen LogP contribution in [0, 0.1) is 6.92 Å². The van der Waals surface area contributed by atoms with Gasteiger partial charge in [-0.2, -0.15) is 0 Å². The van der Waals surface area contributed by atoms with E-state index in [1.54, 1.807) is 7.11 Å². The maximum atomic E-state index is 6.10. The third-order valence-corrected chi connectivity index (χ3v) is 4.19. The van der Waals surface area contributed by atoms with Gasteiger partial charge in [-0.25, -0.2) is 4.99 Å². The summed E-state index contributed by atoms with van der Waals surface area (Å²) >= 11 is 0. The second-order valence-electron chi connectivity index (χ2n) is 6.24. The number of benzene rings is 2. The Labute approximate surface area is 177 Å². The number of ether oxygens (including phenoxy) is 3. The molecule has 0 bridgehead atoms. The first-order chi connectivity index (χ1) is 12.7. The Morgan fingerprint density at radius 3 is 2.81 bits per heavy atom. The van der Waals surface area contributed by atoms with E-state index in [2.05, 4.69) is 10.3 Å². The van der Waals surface area contributed by atoms with Gasteiger partial charge >= 0.3 is 0 Å². The van der Waals surface area contributed by atoms with Crippen molar-refractivity contribution >= 4 is 35.6 Å². The fourth-order valence-corrected chi connectivity index (χ4v) is 2.78. The molecule has 3 rings (SSSR count). The van der Waals surface area contributed by atoms with Crippen molar-refractivity contribution in [1.29, 1.82) is 0 Å². The van der Waals surface area contributed by atoms with E-state index in [0.717, 1.165) is 35.6 Å². The summed E-state index contributed by atoms with van der Waals surface area (Å²) in [6.07, 6.45) is 1.01. The van der Waals surface area contributed by atoms with Crippen LogP contribution in [-0.2, 0) is 11.3 Å². The SMILES string of the molecule is COc1ccccc1NC(N)=NCc1ccc(C)cc1OC1CCOC1.I. The average molecular weight is 483 g/mol. The number of aliphatic imine (C=N–C) groups is 1. The van der Waals surface area contributed by atoms with Crippen LogP contribution >= 0.6 is 24.0 Å². The minimum Gasteiger partial charge on any atom is -0.495 e. The van der Waals surface area contributed by atoms with Crippen molar-refractivity contribution in [3.05, 3.63) is 53.6 Å². The minimum absolute atomic E-state index is 0. The van der Waals surface area contributed by atoms with Gasteiger partial charge in [0.1, 0.15) is 17.6 Å². The number of anilines is 1. The second kappa shape index (κ2) is 10.4. The van der Waals surface area contributed by atoms with Gasteiger partial charge in [-0.1, -0.05) is 24.3 Å². The summed E-state index contributed by atoms with van der Waals surface area (Å²) in [6, 6.07) is 13.7. The quantitative estimate of drug-likeness (QED) is 0.372. The highest BCUT2D eigenvalue weighted by atomic mass is 127. The molecule has 6 nitrogen and oxygen atoms in total. The van der Waals surface area contributed by atoms with E-state index in [9.17, 15) is 0 Å². The van der Waals surface area contributed by atoms with Gasteiger partial charge in [-0.15, -0.1) is 24.0 Å². The predicted octanol–water partition coefficient (Wildman–Crippen LogP) is 3.72. The lowest BCUT2D eigenvalue weighted by Gasteiger charge is -2.16. The van der Waals surface area contributed by atoms with E-state index in [-0.39, 0.29) is 30.1 Å². The molecule has 1 fully saturated rings. The van der Waals surface area contributed by atoms with Crippen LogP contribution in [0.4, 0.5) is 5.69 Å². The lowest BCUT2D eigenvalue weighted by atomic mass is 10.1. The maximum Gasteiger partial charge on any atom is 0.193 e. The molecular weight excluding hydrogens is 457 g/mol. The number of hydrogen-bond acceptors (Lipinski definition) is 4. The van der Waals surface area contributed by atoms with Crippen LogP contribution in [0.3, 0.4) is 0 Å². The number of nitrogens with two attached hydrogens (primary N) is 1. The zero-order valence-corrected chi connectivity index (χ0v) is 17.9. The summed E-state index contributed by atoms with van der Waals surface area (Å²) < 4.78 is 16.8. The summed E-state index contributed by atoms with van der Waals surface area (Å²) in [5.41, 5.74) is 8.96. The molecule has 7 heteroatoms. The largest absolute Gasteiger partial charge is 0.495 e. The van der Waals surface area contributed by atoms with E-state index in [4.69, 9.17) is 19.9 Å². The van der Waals surface area contributed by atoms with Crippen LogP contribution in [-0.4, -0.2) is 32.4 Å². The smallest absolute Gasteiger partial charge is 0.193 e. The van der Waals surface area contributed by atoms with E-state index in [1.807, 2.05) is 49.4 Å². The molecule has 0 aromatic heterocycles. The molecule has 0 spiro atoms. The van der Waals surface area contributed by atoms with Crippen molar-refractivity contribution < 1.29 is 14.2 Å². The molecule has 1 unspecified atom stereocenters. The number of guanidine groups is 1. The van der Waals surface area contributed by atoms with Crippen LogP contribution in [0.5, 0.6) is 11.5 Å². The molecule has 0 radical (unpaired) electrons. The predicted molar refractivity (Wildman–Crippen MR) is 118 cm³/mol. The molecule has 1 atom stereocenters. The van der Waals surface area contributed by atoms with Crippen molar-refractivity contribution in [2.45, 2.75) is 26.0 Å². The van der Waals surface area contributed by atoms with E-state index < -0.39 is 0 Å². The number of nitrogens with one attached hydrogen (secondary N) is 1. The van der Waals surface area contributed by atoms with E-state index in [0.29, 0.717) is 24.9 Å². The summed E-state index contributed by atoms with van der Waals surface area (Å²) in [7, 11) is 1.62. The Kier molecular flexibility index (Phi) is 8.18. The highest BCUT2D eigenvalue weighted by Crippen LogP contribution is 2.25. The van der Waals surface area contributed by atoms with Gasteiger partial charge in [-0.3, -0.25) is 0 Å². The topological polar surface area (TPSA) is 78.1 Å². The Morgan fingerprint density at radius 1 is 1.26 bits per heavy atom. The van der Waals surface area contributed by atoms with Crippen LogP contribution in [0.15, 0.2) is 47.5 Å². The monoisotopic (exact) mass is 483 g/mol. The summed E-state index contributed by atoms with van der Waals surface area (Å²) in [4.78, 5) is 4.45. The molecule has 1 saturated heterocycles. The third kappa shape index (κ3) is 6.00. The van der Waals surface area contributed by atoms with E-state index >= 15 is 0 Å². The molecule has 2 aromatic carbocycles. The van der Waals surface area contributed by atoms with Crippen molar-refractivity contribution in [2.75, 3.05) is 25.6 Å². The van der Waals surface area contributed by atoms with Gasteiger partial charge in [0.25, 0.3) is 0 Å². The van der Waals surface area contributed by atoms with Crippen LogP contribution in [0.2, 0.25) is 0 Å². The standard InChI is InChI=1S/C20H25N3O3.HI/c1-14-7-8-15(19(11-14)26-16-9-10-25-13-16)12-22-20(21)23-17-5-3-4-6-18(17)24-2;/h3-8,11,16H,9-10,12-13H2,1-2H3,(H3,21,22,23);1H. The molecule has 27 heavy (non-hydrogen) atoms. The molecular formula is C20H26IN3O3. The molecule has 1 heterocycles. The zero-order valence-electron chi connectivity index (χ0n) is 15.6. The van der Waals surface area contributed by atoms with Crippen molar-refractivity contribution in [2.24, 2.45) is 10.7 Å². The number of hydrogen-bond donors (Lipinski definition) is 2. The van der Waals surface area contributed by atoms with Crippen molar-refractivity contribution in [3.63, 3.8) is 0 Å². The number of methoxy groups -OCH3 is 1. The fraction of sp³-hybridized carbons (Fsp3) is 0.350. The van der Waals surface area contributed by atoms with Gasteiger partial charge in [-0.05, 0) is 30.7 Å². The van der Waals surface area contributed by atoms with Crippen molar-refractivity contribution in [3.8, 4) is 11.5 Å². The number of aryl methyl sites for hydroxylation is 1. The van der Waals surface area contributed by atoms with E-state index in [1.165, 1.54) is 0 Å². The van der Waals surface area contributed by atoms with Crippen molar-refractivity contribution in [1.82, 2.24) is 0 Å². The fourth-order valence-electron chi connectivity index (χ4n) is 2.78. The zero-order chi connectivity index (χ0) is 18.4. The van der Waals surface area contributed by atoms with Gasteiger partial charge in [0.2, 0.25) is 0 Å². The number of nitrogens with zero attached hydrogens (tertiary/aromatic N) is 1. The first kappa shape index (κ1) is 21.3. The first-order valence-electron chi connectivity index (χ1n) is 8.69. The number of rotatable bonds is 6. The molecule has 0 saturated carbocycles. The average Bonchev–Trinajstić information content (AvgIpc) is 3.14.